The van der Waals surface area contributed by atoms with Crippen LogP contribution in [0.4, 0.5) is 0 Å². The number of hydrogen-bond donors (Lipinski definition) is 0. The summed E-state index contributed by atoms with van der Waals surface area (Å²) in [5.74, 6) is 3.07. The Bertz CT molecular complexity index is 756. The molecule has 0 aromatic heterocycles. The first-order chi connectivity index (χ1) is 14.4. The van der Waals surface area contributed by atoms with Gasteiger partial charge in [0.25, 0.3) is 0 Å². The minimum atomic E-state index is -0.0792. The van der Waals surface area contributed by atoms with Crippen LogP contribution in [-0.4, -0.2) is 12.1 Å². The molecule has 5 saturated carbocycles. The third-order valence-electron chi connectivity index (χ3n) is 13.0. The lowest BCUT2D eigenvalue weighted by Crippen LogP contribution is -2.66. The van der Waals surface area contributed by atoms with Gasteiger partial charge < -0.3 is 4.74 Å². The molecular weight excluding hydrogens is 380 g/mol. The van der Waals surface area contributed by atoms with Crippen LogP contribution in [0, 0.1) is 50.7 Å². The number of carbonyl (C=O) groups is 1. The van der Waals surface area contributed by atoms with E-state index < -0.39 is 0 Å². The summed E-state index contributed by atoms with van der Waals surface area (Å²) in [7, 11) is 0. The minimum absolute atomic E-state index is 0.0792. The van der Waals surface area contributed by atoms with Crippen molar-refractivity contribution in [3.63, 3.8) is 0 Å². The van der Waals surface area contributed by atoms with Crippen molar-refractivity contribution < 1.29 is 9.53 Å². The van der Waals surface area contributed by atoms with Crippen LogP contribution in [0.15, 0.2) is 0 Å². The summed E-state index contributed by atoms with van der Waals surface area (Å²) in [5, 5.41) is 0. The molecule has 9 atom stereocenters. The SMILES string of the molecule is CC(=O)O[C@H]1CC[C@]2(C)C3CCC4[C@@]5(C)CCCC(C)(C)C5CC[C@@]4(C)[C@]3(C)CC[C@@H]12. The molecule has 0 aromatic carbocycles. The van der Waals surface area contributed by atoms with E-state index in [0.29, 0.717) is 33.0 Å². The summed E-state index contributed by atoms with van der Waals surface area (Å²) < 4.78 is 5.86. The van der Waals surface area contributed by atoms with Crippen molar-refractivity contribution in [3.8, 4) is 0 Å². The third kappa shape index (κ3) is 2.78. The minimum Gasteiger partial charge on any atom is -0.462 e. The second-order valence-corrected chi connectivity index (χ2v) is 14.3. The van der Waals surface area contributed by atoms with Gasteiger partial charge in [-0.1, -0.05) is 48.0 Å². The zero-order valence-electron chi connectivity index (χ0n) is 21.5. The van der Waals surface area contributed by atoms with Gasteiger partial charge in [-0.3, -0.25) is 4.79 Å². The maximum absolute atomic E-state index is 11.8. The fourth-order valence-corrected chi connectivity index (χ4v) is 11.6. The Morgan fingerprint density at radius 3 is 1.94 bits per heavy atom. The van der Waals surface area contributed by atoms with Crippen molar-refractivity contribution in [1.29, 1.82) is 0 Å². The van der Waals surface area contributed by atoms with E-state index in [0.717, 1.165) is 24.2 Å². The molecular formula is C29H48O2. The highest BCUT2D eigenvalue weighted by molar-refractivity contribution is 5.66. The Balaban J connectivity index is 1.49. The van der Waals surface area contributed by atoms with Crippen molar-refractivity contribution >= 4 is 5.97 Å². The highest BCUT2D eigenvalue weighted by Crippen LogP contribution is 2.77. The summed E-state index contributed by atoms with van der Waals surface area (Å²) in [5.41, 5.74) is 2.28. The lowest BCUT2D eigenvalue weighted by atomic mass is 9.32. The number of ether oxygens (including phenoxy) is 1. The average Bonchev–Trinajstić information content (AvgIpc) is 2.97. The normalized spacial score (nSPS) is 55.4. The van der Waals surface area contributed by atoms with E-state index in [2.05, 4.69) is 41.5 Å². The molecule has 5 fully saturated rings. The van der Waals surface area contributed by atoms with E-state index in [1.54, 1.807) is 6.92 Å². The Hall–Kier alpha value is -0.530. The number of esters is 1. The zero-order chi connectivity index (χ0) is 22.4. The van der Waals surface area contributed by atoms with Crippen LogP contribution >= 0.6 is 0 Å². The maximum Gasteiger partial charge on any atom is 0.302 e. The molecule has 3 unspecified atom stereocenters. The van der Waals surface area contributed by atoms with Gasteiger partial charge in [-0.05, 0) is 109 Å². The molecule has 0 N–H and O–H groups in total. The van der Waals surface area contributed by atoms with Gasteiger partial charge >= 0.3 is 5.97 Å². The van der Waals surface area contributed by atoms with Crippen LogP contribution in [-0.2, 0) is 9.53 Å². The molecule has 0 aromatic rings. The topological polar surface area (TPSA) is 26.3 Å². The van der Waals surface area contributed by atoms with Crippen molar-refractivity contribution in [2.24, 2.45) is 50.7 Å². The van der Waals surface area contributed by atoms with E-state index in [4.69, 9.17) is 4.74 Å². The van der Waals surface area contributed by atoms with Crippen molar-refractivity contribution in [1.82, 2.24) is 0 Å². The lowest BCUT2D eigenvalue weighted by Gasteiger charge is -2.73. The zero-order valence-corrected chi connectivity index (χ0v) is 21.5. The Labute approximate surface area is 191 Å². The van der Waals surface area contributed by atoms with Crippen LogP contribution in [0.3, 0.4) is 0 Å². The molecule has 0 saturated heterocycles. The quantitative estimate of drug-likeness (QED) is 0.398. The smallest absolute Gasteiger partial charge is 0.302 e. The number of fused-ring (bicyclic) bond motifs is 7. The van der Waals surface area contributed by atoms with Crippen LogP contribution < -0.4 is 0 Å². The second-order valence-electron chi connectivity index (χ2n) is 14.3. The van der Waals surface area contributed by atoms with E-state index >= 15 is 0 Å². The molecule has 0 radical (unpaired) electrons. The largest absolute Gasteiger partial charge is 0.462 e. The highest BCUT2D eigenvalue weighted by Gasteiger charge is 2.70. The molecule has 31 heavy (non-hydrogen) atoms. The molecule has 2 heteroatoms. The first-order valence-corrected chi connectivity index (χ1v) is 13.6. The van der Waals surface area contributed by atoms with Crippen LogP contribution in [0.5, 0.6) is 0 Å². The summed E-state index contributed by atoms with van der Waals surface area (Å²) in [6, 6.07) is 0. The molecule has 176 valence electrons. The van der Waals surface area contributed by atoms with Crippen molar-refractivity contribution in [3.05, 3.63) is 0 Å². The summed E-state index contributed by atoms with van der Waals surface area (Å²) in [4.78, 5) is 11.8. The molecule has 0 heterocycles. The summed E-state index contributed by atoms with van der Waals surface area (Å²) in [6.07, 6.45) is 15.1. The molecule has 5 rings (SSSR count). The molecule has 0 spiro atoms. The fraction of sp³-hybridized carbons (Fsp3) is 0.966. The molecule has 0 amide bonds. The third-order valence-corrected chi connectivity index (χ3v) is 13.0. The van der Waals surface area contributed by atoms with Crippen LogP contribution in [0.25, 0.3) is 0 Å². The summed E-state index contributed by atoms with van der Waals surface area (Å²) in [6.45, 7) is 17.5. The van der Waals surface area contributed by atoms with Gasteiger partial charge in [0.05, 0.1) is 0 Å². The van der Waals surface area contributed by atoms with Gasteiger partial charge in [-0.15, -0.1) is 0 Å². The van der Waals surface area contributed by atoms with Crippen LogP contribution in [0.2, 0.25) is 0 Å². The summed E-state index contributed by atoms with van der Waals surface area (Å²) >= 11 is 0. The van der Waals surface area contributed by atoms with Gasteiger partial charge in [0, 0.05) is 12.8 Å². The predicted molar refractivity (Wildman–Crippen MR) is 127 cm³/mol. The van der Waals surface area contributed by atoms with E-state index in [-0.39, 0.29) is 12.1 Å². The van der Waals surface area contributed by atoms with E-state index in [9.17, 15) is 4.79 Å². The first-order valence-electron chi connectivity index (χ1n) is 13.6. The molecule has 5 aliphatic carbocycles. The lowest BCUT2D eigenvalue weighted by molar-refractivity contribution is -0.242. The Morgan fingerprint density at radius 1 is 0.677 bits per heavy atom. The highest BCUT2D eigenvalue weighted by atomic mass is 16.5. The molecule has 2 nitrogen and oxygen atoms in total. The Morgan fingerprint density at radius 2 is 1.29 bits per heavy atom. The van der Waals surface area contributed by atoms with Gasteiger partial charge in [-0.2, -0.15) is 0 Å². The fourth-order valence-electron chi connectivity index (χ4n) is 11.6. The average molecular weight is 429 g/mol. The molecule has 0 aliphatic heterocycles. The van der Waals surface area contributed by atoms with E-state index in [1.165, 1.54) is 64.2 Å². The van der Waals surface area contributed by atoms with Crippen molar-refractivity contribution in [2.45, 2.75) is 125 Å². The predicted octanol–water partition coefficient (Wildman–Crippen LogP) is 7.79. The van der Waals surface area contributed by atoms with Gasteiger partial charge in [0.15, 0.2) is 0 Å². The maximum atomic E-state index is 11.8. The van der Waals surface area contributed by atoms with Gasteiger partial charge in [-0.25, -0.2) is 0 Å². The Kier molecular flexibility index (Phi) is 4.85. The standard InChI is InChI=1S/C29H48O2/c1-19(30)31-21-12-16-26(4)20(21)11-17-28(6)23(26)9-10-24-27(5)15-8-14-25(2,3)22(27)13-18-29(24,28)7/h20-24H,8-18H2,1-7H3/t20-,21-,22?,23?,24?,26-,27-,28+,29+/m0/s1. The number of rotatable bonds is 1. The van der Waals surface area contributed by atoms with Crippen molar-refractivity contribution in [2.75, 3.05) is 0 Å². The van der Waals surface area contributed by atoms with Gasteiger partial charge in [0.2, 0.25) is 0 Å². The number of hydrogen-bond acceptors (Lipinski definition) is 2. The monoisotopic (exact) mass is 428 g/mol. The van der Waals surface area contributed by atoms with Crippen LogP contribution in [0.1, 0.15) is 119 Å². The first kappa shape index (κ1) is 22.3. The molecule has 0 bridgehead atoms. The molecule has 5 aliphatic rings. The number of carbonyl (C=O) groups excluding carboxylic acids is 1. The van der Waals surface area contributed by atoms with Gasteiger partial charge in [0.1, 0.15) is 6.10 Å². The van der Waals surface area contributed by atoms with E-state index in [1.807, 2.05) is 0 Å². The second kappa shape index (κ2) is 6.75.